The topological polar surface area (TPSA) is 38.3 Å². The van der Waals surface area contributed by atoms with Crippen LogP contribution in [0.2, 0.25) is 0 Å². The molecule has 3 heteroatoms. The van der Waals surface area contributed by atoms with E-state index in [1.54, 1.807) is 0 Å². The second-order valence-electron chi connectivity index (χ2n) is 4.17. The van der Waals surface area contributed by atoms with Crippen molar-refractivity contribution in [1.29, 1.82) is 0 Å². The molecule has 0 saturated carbocycles. The number of ether oxygens (including phenoxy) is 1. The summed E-state index contributed by atoms with van der Waals surface area (Å²) in [7, 11) is 0. The SMILES string of the molecule is Cc1cccc(C2(C)CCNC(=O)O2)c1. The minimum absolute atomic E-state index is 0.328. The smallest absolute Gasteiger partial charge is 0.408 e. The Bertz CT molecular complexity index is 389. The molecule has 0 radical (unpaired) electrons. The lowest BCUT2D eigenvalue weighted by Crippen LogP contribution is -2.43. The van der Waals surface area contributed by atoms with E-state index in [0.717, 1.165) is 12.0 Å². The van der Waals surface area contributed by atoms with Crippen molar-refractivity contribution in [3.05, 3.63) is 35.4 Å². The van der Waals surface area contributed by atoms with E-state index in [9.17, 15) is 4.79 Å². The Labute approximate surface area is 89.4 Å². The molecule has 0 aliphatic carbocycles. The van der Waals surface area contributed by atoms with Crippen LogP contribution in [0, 0.1) is 6.92 Å². The van der Waals surface area contributed by atoms with Crippen LogP contribution in [-0.4, -0.2) is 12.6 Å². The third-order valence-corrected chi connectivity index (χ3v) is 2.82. The van der Waals surface area contributed by atoms with E-state index in [1.807, 2.05) is 32.0 Å². The van der Waals surface area contributed by atoms with Gasteiger partial charge in [-0.3, -0.25) is 0 Å². The van der Waals surface area contributed by atoms with Gasteiger partial charge in [0.15, 0.2) is 0 Å². The van der Waals surface area contributed by atoms with E-state index in [2.05, 4.69) is 11.4 Å². The minimum Gasteiger partial charge on any atom is -0.438 e. The molecule has 1 N–H and O–H groups in total. The zero-order valence-corrected chi connectivity index (χ0v) is 9.04. The van der Waals surface area contributed by atoms with Gasteiger partial charge in [-0.1, -0.05) is 29.8 Å². The molecule has 0 spiro atoms. The average Bonchev–Trinajstić information content (AvgIpc) is 2.17. The van der Waals surface area contributed by atoms with Crippen LogP contribution < -0.4 is 5.32 Å². The van der Waals surface area contributed by atoms with E-state index in [-0.39, 0.29) is 6.09 Å². The Hall–Kier alpha value is -1.51. The van der Waals surface area contributed by atoms with Crippen LogP contribution in [0.1, 0.15) is 24.5 Å². The number of hydrogen-bond donors (Lipinski definition) is 1. The first-order valence-corrected chi connectivity index (χ1v) is 5.14. The number of benzene rings is 1. The molecule has 1 atom stereocenters. The number of alkyl carbamates (subject to hydrolysis) is 1. The molecular formula is C12H15NO2. The summed E-state index contributed by atoms with van der Waals surface area (Å²) in [6.07, 6.45) is 0.479. The largest absolute Gasteiger partial charge is 0.438 e. The Morgan fingerprint density at radius 1 is 1.47 bits per heavy atom. The maximum Gasteiger partial charge on any atom is 0.408 e. The van der Waals surface area contributed by atoms with E-state index >= 15 is 0 Å². The molecule has 15 heavy (non-hydrogen) atoms. The fourth-order valence-corrected chi connectivity index (χ4v) is 1.87. The second-order valence-corrected chi connectivity index (χ2v) is 4.17. The summed E-state index contributed by atoms with van der Waals surface area (Å²) in [5.41, 5.74) is 1.77. The van der Waals surface area contributed by atoms with Gasteiger partial charge in [-0.25, -0.2) is 4.79 Å². The molecule has 1 fully saturated rings. The third-order valence-electron chi connectivity index (χ3n) is 2.82. The Morgan fingerprint density at radius 2 is 2.27 bits per heavy atom. The predicted molar refractivity (Wildman–Crippen MR) is 57.6 cm³/mol. The molecule has 80 valence electrons. The van der Waals surface area contributed by atoms with Gasteiger partial charge in [0.1, 0.15) is 5.60 Å². The van der Waals surface area contributed by atoms with Gasteiger partial charge >= 0.3 is 6.09 Å². The quantitative estimate of drug-likeness (QED) is 0.764. The second kappa shape index (κ2) is 3.57. The van der Waals surface area contributed by atoms with Crippen molar-refractivity contribution < 1.29 is 9.53 Å². The maximum absolute atomic E-state index is 11.2. The van der Waals surface area contributed by atoms with Crippen molar-refractivity contribution in [3.8, 4) is 0 Å². The van der Waals surface area contributed by atoms with E-state index in [1.165, 1.54) is 5.56 Å². The summed E-state index contributed by atoms with van der Waals surface area (Å²) in [6, 6.07) is 8.10. The number of nitrogens with one attached hydrogen (secondary N) is 1. The lowest BCUT2D eigenvalue weighted by molar-refractivity contribution is -0.00278. The molecule has 1 amide bonds. The van der Waals surface area contributed by atoms with Crippen molar-refractivity contribution in [3.63, 3.8) is 0 Å². The summed E-state index contributed by atoms with van der Waals surface area (Å²) in [5.74, 6) is 0. The average molecular weight is 205 g/mol. The monoisotopic (exact) mass is 205 g/mol. The lowest BCUT2D eigenvalue weighted by atomic mass is 9.90. The van der Waals surface area contributed by atoms with Gasteiger partial charge in [-0.15, -0.1) is 0 Å². The predicted octanol–water partition coefficient (Wildman–Crippen LogP) is 2.34. The van der Waals surface area contributed by atoms with Gasteiger partial charge in [0.25, 0.3) is 0 Å². The molecule has 0 aromatic heterocycles. The van der Waals surface area contributed by atoms with Gasteiger partial charge in [-0.05, 0) is 19.4 Å². The number of carbonyl (C=O) groups is 1. The van der Waals surface area contributed by atoms with E-state index < -0.39 is 5.60 Å². The Morgan fingerprint density at radius 3 is 2.93 bits per heavy atom. The van der Waals surface area contributed by atoms with Crippen LogP contribution >= 0.6 is 0 Å². The number of hydrogen-bond acceptors (Lipinski definition) is 2. The van der Waals surface area contributed by atoms with Gasteiger partial charge in [-0.2, -0.15) is 0 Å². The fourth-order valence-electron chi connectivity index (χ4n) is 1.87. The van der Waals surface area contributed by atoms with Gasteiger partial charge in [0.2, 0.25) is 0 Å². The van der Waals surface area contributed by atoms with Crippen molar-refractivity contribution in [2.45, 2.75) is 25.9 Å². The van der Waals surface area contributed by atoms with E-state index in [0.29, 0.717) is 6.54 Å². The summed E-state index contributed by atoms with van der Waals surface area (Å²) < 4.78 is 5.36. The molecule has 1 aliphatic rings. The van der Waals surface area contributed by atoms with Crippen molar-refractivity contribution in [2.75, 3.05) is 6.54 Å². The van der Waals surface area contributed by atoms with Crippen LogP contribution in [0.3, 0.4) is 0 Å². The number of rotatable bonds is 1. The lowest BCUT2D eigenvalue weighted by Gasteiger charge is -2.34. The summed E-state index contributed by atoms with van der Waals surface area (Å²) in [4.78, 5) is 11.2. The molecular weight excluding hydrogens is 190 g/mol. The van der Waals surface area contributed by atoms with Gasteiger partial charge < -0.3 is 10.1 Å². The minimum atomic E-state index is -0.478. The molecule has 2 rings (SSSR count). The summed E-state index contributed by atoms with van der Waals surface area (Å²) in [5, 5.41) is 2.66. The van der Waals surface area contributed by atoms with Crippen LogP contribution in [0.25, 0.3) is 0 Å². The normalized spacial score (nSPS) is 25.6. The van der Waals surface area contributed by atoms with Gasteiger partial charge in [0, 0.05) is 13.0 Å². The zero-order chi connectivity index (χ0) is 10.9. The number of aryl methyl sites for hydroxylation is 1. The van der Waals surface area contributed by atoms with Crippen LogP contribution in [-0.2, 0) is 10.3 Å². The van der Waals surface area contributed by atoms with E-state index in [4.69, 9.17) is 4.74 Å². The number of cyclic esters (lactones) is 1. The molecule has 0 bridgehead atoms. The van der Waals surface area contributed by atoms with Crippen molar-refractivity contribution in [2.24, 2.45) is 0 Å². The standard InChI is InChI=1S/C12H15NO2/c1-9-4-3-5-10(8-9)12(2)6-7-13-11(14)15-12/h3-5,8H,6-7H2,1-2H3,(H,13,14). The first-order valence-electron chi connectivity index (χ1n) is 5.14. The Balaban J connectivity index is 2.32. The number of amides is 1. The van der Waals surface area contributed by atoms with Crippen LogP contribution in [0.4, 0.5) is 4.79 Å². The number of carbonyl (C=O) groups excluding carboxylic acids is 1. The summed E-state index contributed by atoms with van der Waals surface area (Å²) in [6.45, 7) is 4.67. The highest BCUT2D eigenvalue weighted by Crippen LogP contribution is 2.31. The van der Waals surface area contributed by atoms with Crippen molar-refractivity contribution in [1.82, 2.24) is 5.32 Å². The molecule has 1 aromatic carbocycles. The Kier molecular flexibility index (Phi) is 2.39. The maximum atomic E-state index is 11.2. The molecule has 3 nitrogen and oxygen atoms in total. The first kappa shape index (κ1) is 10.0. The highest BCUT2D eigenvalue weighted by molar-refractivity contribution is 5.68. The summed E-state index contributed by atoms with van der Waals surface area (Å²) >= 11 is 0. The molecule has 1 heterocycles. The molecule has 1 saturated heterocycles. The molecule has 1 unspecified atom stereocenters. The van der Waals surface area contributed by atoms with Crippen LogP contribution in [0.15, 0.2) is 24.3 Å². The zero-order valence-electron chi connectivity index (χ0n) is 9.04. The van der Waals surface area contributed by atoms with Crippen molar-refractivity contribution >= 4 is 6.09 Å². The van der Waals surface area contributed by atoms with Gasteiger partial charge in [0.05, 0.1) is 0 Å². The van der Waals surface area contributed by atoms with Crippen LogP contribution in [0.5, 0.6) is 0 Å². The highest BCUT2D eigenvalue weighted by atomic mass is 16.6. The highest BCUT2D eigenvalue weighted by Gasteiger charge is 2.34. The third kappa shape index (κ3) is 1.96. The first-order chi connectivity index (χ1) is 7.10. The molecule has 1 aliphatic heterocycles. The molecule has 1 aromatic rings. The fraction of sp³-hybridized carbons (Fsp3) is 0.417.